The van der Waals surface area contributed by atoms with Gasteiger partial charge in [-0.1, -0.05) is 35.9 Å². The second-order valence-corrected chi connectivity index (χ2v) is 7.32. The van der Waals surface area contributed by atoms with Crippen molar-refractivity contribution >= 4 is 21.5 Å². The van der Waals surface area contributed by atoms with Gasteiger partial charge < -0.3 is 0 Å². The molecule has 0 bridgehead atoms. The molecule has 0 radical (unpaired) electrons. The zero-order chi connectivity index (χ0) is 17.2. The van der Waals surface area contributed by atoms with Gasteiger partial charge in [0.05, 0.1) is 17.9 Å². The first kappa shape index (κ1) is 17.1. The standard InChI is InChI=1S/C17H18FNO3S/c1-11-4-6-13(7-5-11)17(12(2)20)14-8-9-16(15(18)10-14)19-23(3,21)22/h4-10,17,19H,1-3H3. The number of aryl methyl sites for hydroxylation is 1. The van der Waals surface area contributed by atoms with Crippen molar-refractivity contribution in [3.8, 4) is 0 Å². The van der Waals surface area contributed by atoms with E-state index in [9.17, 15) is 17.6 Å². The summed E-state index contributed by atoms with van der Waals surface area (Å²) in [4.78, 5) is 12.0. The Bertz CT molecular complexity index is 829. The van der Waals surface area contributed by atoms with Gasteiger partial charge in [-0.2, -0.15) is 0 Å². The zero-order valence-electron chi connectivity index (χ0n) is 13.1. The molecule has 0 saturated carbocycles. The van der Waals surface area contributed by atoms with Crippen LogP contribution in [0, 0.1) is 12.7 Å². The maximum atomic E-state index is 14.1. The van der Waals surface area contributed by atoms with Gasteiger partial charge in [0.15, 0.2) is 0 Å². The van der Waals surface area contributed by atoms with Gasteiger partial charge in [-0.05, 0) is 37.1 Å². The van der Waals surface area contributed by atoms with E-state index < -0.39 is 21.8 Å². The van der Waals surface area contributed by atoms with Crippen LogP contribution in [0.2, 0.25) is 0 Å². The first-order valence-corrected chi connectivity index (χ1v) is 8.91. The van der Waals surface area contributed by atoms with Gasteiger partial charge in [0.25, 0.3) is 0 Å². The first-order chi connectivity index (χ1) is 10.7. The van der Waals surface area contributed by atoms with Crippen LogP contribution >= 0.6 is 0 Å². The summed E-state index contributed by atoms with van der Waals surface area (Å²) in [5.41, 5.74) is 2.18. The average Bonchev–Trinajstić information content (AvgIpc) is 2.42. The van der Waals surface area contributed by atoms with Crippen molar-refractivity contribution in [2.75, 3.05) is 11.0 Å². The molecule has 2 aromatic carbocycles. The van der Waals surface area contributed by atoms with Gasteiger partial charge in [0.2, 0.25) is 10.0 Å². The van der Waals surface area contributed by atoms with Gasteiger partial charge in [-0.25, -0.2) is 12.8 Å². The first-order valence-electron chi connectivity index (χ1n) is 7.01. The number of Topliss-reactive ketones (excluding diaryl/α,β-unsaturated/α-hetero) is 1. The quantitative estimate of drug-likeness (QED) is 0.912. The van der Waals surface area contributed by atoms with Crippen molar-refractivity contribution in [3.05, 3.63) is 65.0 Å². The second-order valence-electron chi connectivity index (χ2n) is 5.57. The molecule has 23 heavy (non-hydrogen) atoms. The predicted molar refractivity (Wildman–Crippen MR) is 88.6 cm³/mol. The lowest BCUT2D eigenvalue weighted by atomic mass is 9.88. The van der Waals surface area contributed by atoms with Crippen LogP contribution in [-0.4, -0.2) is 20.5 Å². The summed E-state index contributed by atoms with van der Waals surface area (Å²) in [5, 5.41) is 0. The smallest absolute Gasteiger partial charge is 0.229 e. The fourth-order valence-electron chi connectivity index (χ4n) is 2.41. The number of rotatable bonds is 5. The van der Waals surface area contributed by atoms with E-state index in [1.54, 1.807) is 6.07 Å². The number of sulfonamides is 1. The van der Waals surface area contributed by atoms with Crippen LogP contribution in [0.3, 0.4) is 0 Å². The van der Waals surface area contributed by atoms with E-state index >= 15 is 0 Å². The van der Waals surface area contributed by atoms with E-state index in [4.69, 9.17) is 0 Å². The Morgan fingerprint density at radius 2 is 1.65 bits per heavy atom. The van der Waals surface area contributed by atoms with E-state index in [-0.39, 0.29) is 11.5 Å². The van der Waals surface area contributed by atoms with Gasteiger partial charge in [-0.15, -0.1) is 0 Å². The normalized spacial score (nSPS) is 12.7. The van der Waals surface area contributed by atoms with Crippen molar-refractivity contribution in [2.45, 2.75) is 19.8 Å². The minimum absolute atomic E-state index is 0.114. The Hall–Kier alpha value is -2.21. The molecule has 1 N–H and O–H groups in total. The average molecular weight is 335 g/mol. The highest BCUT2D eigenvalue weighted by Crippen LogP contribution is 2.29. The van der Waals surface area contributed by atoms with Crippen molar-refractivity contribution in [2.24, 2.45) is 0 Å². The molecule has 0 aliphatic heterocycles. The summed E-state index contributed by atoms with van der Waals surface area (Å²) in [5.74, 6) is -1.42. The van der Waals surface area contributed by atoms with E-state index in [0.717, 1.165) is 17.4 Å². The van der Waals surface area contributed by atoms with Crippen LogP contribution in [0.25, 0.3) is 0 Å². The molecule has 1 atom stereocenters. The molecule has 0 amide bonds. The maximum Gasteiger partial charge on any atom is 0.229 e. The van der Waals surface area contributed by atoms with Gasteiger partial charge in [-0.3, -0.25) is 9.52 Å². The predicted octanol–water partition coefficient (Wildman–Crippen LogP) is 3.23. The third-order valence-electron chi connectivity index (χ3n) is 3.44. The summed E-state index contributed by atoms with van der Waals surface area (Å²) in [7, 11) is -3.56. The lowest BCUT2D eigenvalue weighted by molar-refractivity contribution is -0.117. The molecule has 2 rings (SSSR count). The number of ketones is 1. The summed E-state index contributed by atoms with van der Waals surface area (Å²) < 4.78 is 38.7. The van der Waals surface area contributed by atoms with E-state index in [1.165, 1.54) is 19.1 Å². The van der Waals surface area contributed by atoms with Crippen LogP contribution in [0.5, 0.6) is 0 Å². The molecule has 122 valence electrons. The molecule has 1 unspecified atom stereocenters. The van der Waals surface area contributed by atoms with E-state index in [0.29, 0.717) is 5.56 Å². The van der Waals surface area contributed by atoms with E-state index in [2.05, 4.69) is 4.72 Å². The Labute approximate surface area is 135 Å². The lowest BCUT2D eigenvalue weighted by Gasteiger charge is -2.16. The number of hydrogen-bond donors (Lipinski definition) is 1. The van der Waals surface area contributed by atoms with E-state index in [1.807, 2.05) is 31.2 Å². The lowest BCUT2D eigenvalue weighted by Crippen LogP contribution is -2.13. The third-order valence-corrected chi connectivity index (χ3v) is 4.03. The maximum absolute atomic E-state index is 14.1. The monoisotopic (exact) mass is 335 g/mol. The van der Waals surface area contributed by atoms with Crippen molar-refractivity contribution in [3.63, 3.8) is 0 Å². The molecule has 2 aromatic rings. The highest BCUT2D eigenvalue weighted by molar-refractivity contribution is 7.92. The fraction of sp³-hybridized carbons (Fsp3) is 0.235. The van der Waals surface area contributed by atoms with Crippen molar-refractivity contribution < 1.29 is 17.6 Å². The summed E-state index contributed by atoms with van der Waals surface area (Å²) in [6.07, 6.45) is 0.949. The third kappa shape index (κ3) is 4.39. The number of hydrogen-bond acceptors (Lipinski definition) is 3. The molecule has 6 heteroatoms. The summed E-state index contributed by atoms with van der Waals surface area (Å²) in [6.45, 7) is 3.39. The number of benzene rings is 2. The molecule has 0 spiro atoms. The van der Waals surface area contributed by atoms with Crippen LogP contribution < -0.4 is 4.72 Å². The number of carbonyl (C=O) groups excluding carboxylic acids is 1. The topological polar surface area (TPSA) is 63.2 Å². The highest BCUT2D eigenvalue weighted by atomic mass is 32.2. The molecular weight excluding hydrogens is 317 g/mol. The van der Waals surface area contributed by atoms with Gasteiger partial charge in [0.1, 0.15) is 11.6 Å². The molecule has 0 aliphatic rings. The molecular formula is C17H18FNO3S. The van der Waals surface area contributed by atoms with Crippen LogP contribution in [-0.2, 0) is 14.8 Å². The minimum atomic E-state index is -3.56. The molecule has 0 aromatic heterocycles. The van der Waals surface area contributed by atoms with Crippen LogP contribution in [0.15, 0.2) is 42.5 Å². The fourth-order valence-corrected chi connectivity index (χ4v) is 2.98. The summed E-state index contributed by atoms with van der Waals surface area (Å²) in [6, 6.07) is 11.5. The molecule has 0 aliphatic carbocycles. The number of carbonyl (C=O) groups is 1. The van der Waals surface area contributed by atoms with Crippen molar-refractivity contribution in [1.29, 1.82) is 0 Å². The van der Waals surface area contributed by atoms with Gasteiger partial charge >= 0.3 is 0 Å². The highest BCUT2D eigenvalue weighted by Gasteiger charge is 2.20. The number of halogens is 1. The Morgan fingerprint density at radius 1 is 1.09 bits per heavy atom. The molecule has 0 fully saturated rings. The Balaban J connectivity index is 2.43. The largest absolute Gasteiger partial charge is 0.299 e. The zero-order valence-corrected chi connectivity index (χ0v) is 13.9. The van der Waals surface area contributed by atoms with Crippen molar-refractivity contribution in [1.82, 2.24) is 0 Å². The summed E-state index contributed by atoms with van der Waals surface area (Å²) >= 11 is 0. The minimum Gasteiger partial charge on any atom is -0.299 e. The van der Waals surface area contributed by atoms with Gasteiger partial charge in [0, 0.05) is 0 Å². The molecule has 4 nitrogen and oxygen atoms in total. The Morgan fingerprint density at radius 3 is 2.13 bits per heavy atom. The molecule has 0 saturated heterocycles. The SMILES string of the molecule is CC(=O)C(c1ccc(C)cc1)c1ccc(NS(C)(=O)=O)c(F)c1. The second kappa shape index (κ2) is 6.50. The number of nitrogens with one attached hydrogen (secondary N) is 1. The Kier molecular flexibility index (Phi) is 4.85. The number of anilines is 1. The molecule has 0 heterocycles. The van der Waals surface area contributed by atoms with Crippen LogP contribution in [0.1, 0.15) is 29.5 Å². The van der Waals surface area contributed by atoms with Crippen LogP contribution in [0.4, 0.5) is 10.1 Å².